The summed E-state index contributed by atoms with van der Waals surface area (Å²) in [7, 11) is -3.67. The van der Waals surface area contributed by atoms with Crippen LogP contribution in [0.2, 0.25) is 5.02 Å². The molecule has 1 heterocycles. The third-order valence-electron chi connectivity index (χ3n) is 3.96. The minimum atomic E-state index is -3.67. The van der Waals surface area contributed by atoms with Crippen molar-refractivity contribution in [3.05, 3.63) is 57.8 Å². The highest BCUT2D eigenvalue weighted by atomic mass is 79.9. The van der Waals surface area contributed by atoms with E-state index in [-0.39, 0.29) is 9.92 Å². The molecule has 1 aliphatic rings. The van der Waals surface area contributed by atoms with Gasteiger partial charge in [0.2, 0.25) is 10.0 Å². The zero-order valence-corrected chi connectivity index (χ0v) is 15.8. The Morgan fingerprint density at radius 3 is 2.21 bits per heavy atom. The zero-order chi connectivity index (χ0) is 17.3. The van der Waals surface area contributed by atoms with Crippen molar-refractivity contribution >= 4 is 43.2 Å². The molecule has 1 fully saturated rings. The topological polar surface area (TPSA) is 40.6 Å². The summed E-state index contributed by atoms with van der Waals surface area (Å²) < 4.78 is 41.0. The molecule has 0 unspecified atom stereocenters. The second-order valence-electron chi connectivity index (χ2n) is 5.44. The van der Waals surface area contributed by atoms with Crippen molar-refractivity contribution in [2.24, 2.45) is 0 Å². The second-order valence-corrected chi connectivity index (χ2v) is 8.70. The van der Waals surface area contributed by atoms with E-state index in [0.29, 0.717) is 26.2 Å². The van der Waals surface area contributed by atoms with Crippen LogP contribution in [0.4, 0.5) is 10.1 Å². The molecule has 0 atom stereocenters. The number of halogens is 3. The van der Waals surface area contributed by atoms with E-state index >= 15 is 0 Å². The van der Waals surface area contributed by atoms with Gasteiger partial charge in [-0.05, 0) is 42.5 Å². The summed E-state index contributed by atoms with van der Waals surface area (Å²) in [4.78, 5) is 2.15. The van der Waals surface area contributed by atoms with Crippen LogP contribution in [0.3, 0.4) is 0 Å². The Bertz CT molecular complexity index is 838. The molecule has 0 amide bonds. The Morgan fingerprint density at radius 2 is 1.62 bits per heavy atom. The molecule has 4 nitrogen and oxygen atoms in total. The Labute approximate surface area is 154 Å². The molecule has 2 aromatic rings. The fourth-order valence-corrected chi connectivity index (χ4v) is 4.58. The van der Waals surface area contributed by atoms with Crippen LogP contribution in [0.15, 0.2) is 51.8 Å². The molecule has 0 saturated carbocycles. The number of rotatable bonds is 3. The van der Waals surface area contributed by atoms with E-state index in [2.05, 4.69) is 20.8 Å². The molecule has 0 bridgehead atoms. The summed E-state index contributed by atoms with van der Waals surface area (Å²) in [6, 6.07) is 11.4. The number of anilines is 1. The largest absolute Gasteiger partial charge is 0.369 e. The molecule has 0 radical (unpaired) electrons. The van der Waals surface area contributed by atoms with Gasteiger partial charge in [0.15, 0.2) is 0 Å². The smallest absolute Gasteiger partial charge is 0.243 e. The van der Waals surface area contributed by atoms with Crippen molar-refractivity contribution in [3.8, 4) is 0 Å². The van der Waals surface area contributed by atoms with Gasteiger partial charge >= 0.3 is 0 Å². The van der Waals surface area contributed by atoms with Crippen molar-refractivity contribution in [1.82, 2.24) is 4.31 Å². The molecule has 1 aliphatic heterocycles. The number of hydrogen-bond acceptors (Lipinski definition) is 3. The van der Waals surface area contributed by atoms with Crippen LogP contribution in [0.1, 0.15) is 0 Å². The molecule has 24 heavy (non-hydrogen) atoms. The molecular weight excluding hydrogens is 419 g/mol. The molecule has 3 rings (SSSR count). The first kappa shape index (κ1) is 17.7. The van der Waals surface area contributed by atoms with Gasteiger partial charge in [-0.15, -0.1) is 0 Å². The molecule has 8 heteroatoms. The van der Waals surface area contributed by atoms with Gasteiger partial charge in [-0.3, -0.25) is 0 Å². The summed E-state index contributed by atoms with van der Waals surface area (Å²) in [5, 5.41) is -0.190. The predicted octanol–water partition coefficient (Wildman–Crippen LogP) is 3.75. The van der Waals surface area contributed by atoms with Gasteiger partial charge in [0.1, 0.15) is 5.82 Å². The molecule has 0 spiro atoms. The number of nitrogens with zero attached hydrogens (tertiary/aromatic N) is 2. The van der Waals surface area contributed by atoms with Crippen molar-refractivity contribution in [2.45, 2.75) is 4.90 Å². The summed E-state index contributed by atoms with van der Waals surface area (Å²) in [6.07, 6.45) is 0. The second kappa shape index (κ2) is 7.00. The molecule has 1 saturated heterocycles. The number of benzene rings is 2. The first-order valence-corrected chi connectivity index (χ1v) is 9.95. The molecule has 0 N–H and O–H groups in total. The maximum absolute atomic E-state index is 13.2. The van der Waals surface area contributed by atoms with Crippen molar-refractivity contribution in [2.75, 3.05) is 31.1 Å². The van der Waals surface area contributed by atoms with E-state index in [9.17, 15) is 12.8 Å². The van der Waals surface area contributed by atoms with Crippen LogP contribution < -0.4 is 4.90 Å². The zero-order valence-electron chi connectivity index (χ0n) is 12.6. The molecular formula is C16H15BrClFN2O2S. The maximum Gasteiger partial charge on any atom is 0.243 e. The fourth-order valence-electron chi connectivity index (χ4n) is 2.62. The summed E-state index contributed by atoms with van der Waals surface area (Å²) in [5.74, 6) is -0.629. The maximum atomic E-state index is 13.2. The number of sulfonamides is 1. The lowest BCUT2D eigenvalue weighted by atomic mass is 10.2. The molecule has 2 aromatic carbocycles. The third-order valence-corrected chi connectivity index (χ3v) is 6.67. The van der Waals surface area contributed by atoms with E-state index in [0.717, 1.165) is 22.3 Å². The van der Waals surface area contributed by atoms with Crippen LogP contribution in [0.25, 0.3) is 0 Å². The Kier molecular flexibility index (Phi) is 5.15. The summed E-state index contributed by atoms with van der Waals surface area (Å²) >= 11 is 9.10. The quantitative estimate of drug-likeness (QED) is 0.740. The minimum absolute atomic E-state index is 0.0194. The first-order chi connectivity index (χ1) is 11.4. The standard InChI is InChI=1S/C16H15BrClFN2O2S/c17-12-1-3-13(4-2-12)20-7-9-21(10-8-20)24(22,23)14-5-6-16(19)15(18)11-14/h1-6,11H,7-10H2. The highest BCUT2D eigenvalue weighted by Crippen LogP contribution is 2.25. The monoisotopic (exact) mass is 432 g/mol. The van der Waals surface area contributed by atoms with E-state index in [1.54, 1.807) is 0 Å². The number of piperazine rings is 1. The van der Waals surface area contributed by atoms with Gasteiger partial charge in [-0.25, -0.2) is 12.8 Å². The van der Waals surface area contributed by atoms with Crippen LogP contribution >= 0.6 is 27.5 Å². The van der Waals surface area contributed by atoms with Crippen LogP contribution in [-0.4, -0.2) is 38.9 Å². The lowest BCUT2D eigenvalue weighted by Gasteiger charge is -2.35. The SMILES string of the molecule is O=S(=O)(c1ccc(F)c(Cl)c1)N1CCN(c2ccc(Br)cc2)CC1. The van der Waals surface area contributed by atoms with Gasteiger partial charge in [0.05, 0.1) is 9.92 Å². The molecule has 128 valence electrons. The molecule has 0 aromatic heterocycles. The van der Waals surface area contributed by atoms with Gasteiger partial charge in [0, 0.05) is 36.3 Å². The van der Waals surface area contributed by atoms with Gasteiger partial charge in [-0.1, -0.05) is 27.5 Å². The van der Waals surface area contributed by atoms with E-state index in [1.807, 2.05) is 24.3 Å². The van der Waals surface area contributed by atoms with E-state index < -0.39 is 15.8 Å². The van der Waals surface area contributed by atoms with Gasteiger partial charge < -0.3 is 4.90 Å². The third kappa shape index (κ3) is 3.59. The first-order valence-electron chi connectivity index (χ1n) is 7.33. The highest BCUT2D eigenvalue weighted by Gasteiger charge is 2.29. The fraction of sp³-hybridized carbons (Fsp3) is 0.250. The van der Waals surface area contributed by atoms with Crippen LogP contribution in [0.5, 0.6) is 0 Å². The van der Waals surface area contributed by atoms with Crippen molar-refractivity contribution < 1.29 is 12.8 Å². The normalized spacial score (nSPS) is 16.4. The highest BCUT2D eigenvalue weighted by molar-refractivity contribution is 9.10. The van der Waals surface area contributed by atoms with Gasteiger partial charge in [0.25, 0.3) is 0 Å². The lowest BCUT2D eigenvalue weighted by molar-refractivity contribution is 0.385. The average Bonchev–Trinajstić information content (AvgIpc) is 2.58. The van der Waals surface area contributed by atoms with Crippen molar-refractivity contribution in [1.29, 1.82) is 0 Å². The molecule has 0 aliphatic carbocycles. The van der Waals surface area contributed by atoms with Crippen LogP contribution in [0, 0.1) is 5.82 Å². The predicted molar refractivity (Wildman–Crippen MR) is 96.5 cm³/mol. The van der Waals surface area contributed by atoms with Gasteiger partial charge in [-0.2, -0.15) is 4.31 Å². The van der Waals surface area contributed by atoms with E-state index in [4.69, 9.17) is 11.6 Å². The minimum Gasteiger partial charge on any atom is -0.369 e. The number of hydrogen-bond donors (Lipinski definition) is 0. The van der Waals surface area contributed by atoms with E-state index in [1.165, 1.54) is 10.4 Å². The van der Waals surface area contributed by atoms with Crippen molar-refractivity contribution in [3.63, 3.8) is 0 Å². The average molecular weight is 434 g/mol. The summed E-state index contributed by atoms with van der Waals surface area (Å²) in [5.41, 5.74) is 1.06. The van der Waals surface area contributed by atoms with Crippen LogP contribution in [-0.2, 0) is 10.0 Å². The summed E-state index contributed by atoms with van der Waals surface area (Å²) in [6.45, 7) is 1.92. The Hall–Kier alpha value is -1.15. The Morgan fingerprint density at radius 1 is 1.00 bits per heavy atom. The Balaban J connectivity index is 1.73. The lowest BCUT2D eigenvalue weighted by Crippen LogP contribution is -2.48.